The summed E-state index contributed by atoms with van der Waals surface area (Å²) in [7, 11) is 0. The molecule has 0 radical (unpaired) electrons. The van der Waals surface area contributed by atoms with Crippen molar-refractivity contribution in [3.63, 3.8) is 0 Å². The van der Waals surface area contributed by atoms with Crippen molar-refractivity contribution in [2.75, 3.05) is 0 Å². The van der Waals surface area contributed by atoms with Crippen LogP contribution in [0.3, 0.4) is 0 Å². The van der Waals surface area contributed by atoms with E-state index in [9.17, 15) is 10.2 Å². The summed E-state index contributed by atoms with van der Waals surface area (Å²) < 4.78 is 0. The van der Waals surface area contributed by atoms with E-state index in [1.165, 1.54) is 0 Å². The number of phenols is 2. The number of phenolic OH excluding ortho intramolecular Hbond substituents is 2. The lowest BCUT2D eigenvalue weighted by Crippen LogP contribution is -1.86. The van der Waals surface area contributed by atoms with Gasteiger partial charge in [0, 0.05) is 0 Å². The lowest BCUT2D eigenvalue weighted by atomic mass is 9.92. The van der Waals surface area contributed by atoms with Crippen molar-refractivity contribution in [2.45, 2.75) is 0 Å². The molecule has 0 bridgehead atoms. The highest BCUT2D eigenvalue weighted by atomic mass is 16.3. The van der Waals surface area contributed by atoms with Crippen molar-refractivity contribution in [3.05, 3.63) is 72.8 Å². The summed E-state index contributed by atoms with van der Waals surface area (Å²) in [5.41, 5.74) is 1.31. The first kappa shape index (κ1) is 12.7. The molecule has 0 aliphatic carbocycles. The van der Waals surface area contributed by atoms with Gasteiger partial charge in [0.2, 0.25) is 0 Å². The summed E-state index contributed by atoms with van der Waals surface area (Å²) in [6.45, 7) is 0. The van der Waals surface area contributed by atoms with Crippen molar-refractivity contribution in [2.24, 2.45) is 0 Å². The van der Waals surface area contributed by atoms with Crippen molar-refractivity contribution < 1.29 is 10.2 Å². The Hall–Kier alpha value is -3.00. The first-order valence-electron chi connectivity index (χ1n) is 7.17. The van der Waals surface area contributed by atoms with E-state index in [1.54, 1.807) is 18.2 Å². The lowest BCUT2D eigenvalue weighted by Gasteiger charge is -2.13. The first-order valence-corrected chi connectivity index (χ1v) is 7.17. The molecule has 0 saturated heterocycles. The molecule has 0 fully saturated rings. The Bertz CT molecular complexity index is 983. The third-order valence-electron chi connectivity index (χ3n) is 4.06. The monoisotopic (exact) mass is 286 g/mol. The quantitative estimate of drug-likeness (QED) is 0.479. The van der Waals surface area contributed by atoms with E-state index in [0.717, 1.165) is 27.1 Å². The Morgan fingerprint density at radius 3 is 1.86 bits per heavy atom. The second-order valence-electron chi connectivity index (χ2n) is 5.36. The summed E-state index contributed by atoms with van der Waals surface area (Å²) in [5.74, 6) is 0.167. The second-order valence-corrected chi connectivity index (χ2v) is 5.36. The summed E-state index contributed by atoms with van der Waals surface area (Å²) in [6, 6.07) is 23.1. The third kappa shape index (κ3) is 1.81. The SMILES string of the molecule is Oc1cccc(O)c1-c1cc2ccccc2c2ccccc12. The molecular formula is C20H14O2. The zero-order valence-corrected chi connectivity index (χ0v) is 11.8. The van der Waals surface area contributed by atoms with E-state index in [-0.39, 0.29) is 11.5 Å². The molecule has 0 atom stereocenters. The van der Waals surface area contributed by atoms with Gasteiger partial charge in [0.1, 0.15) is 11.5 Å². The standard InChI is InChI=1S/C20H14O2/c21-18-10-5-11-19(22)20(18)17-12-13-6-1-2-7-14(13)15-8-3-4-9-16(15)17/h1-12,21-22H. The number of hydrogen-bond donors (Lipinski definition) is 2. The van der Waals surface area contributed by atoms with Gasteiger partial charge in [-0.1, -0.05) is 54.6 Å². The minimum atomic E-state index is 0.0837. The molecule has 0 unspecified atom stereocenters. The molecule has 2 heteroatoms. The largest absolute Gasteiger partial charge is 0.507 e. The van der Waals surface area contributed by atoms with E-state index in [0.29, 0.717) is 5.56 Å². The smallest absolute Gasteiger partial charge is 0.127 e. The van der Waals surface area contributed by atoms with Crippen LogP contribution in [-0.2, 0) is 0 Å². The third-order valence-corrected chi connectivity index (χ3v) is 4.06. The van der Waals surface area contributed by atoms with Crippen LogP contribution in [-0.4, -0.2) is 10.2 Å². The molecule has 0 heterocycles. The van der Waals surface area contributed by atoms with Crippen LogP contribution < -0.4 is 0 Å². The first-order chi connectivity index (χ1) is 10.8. The molecule has 22 heavy (non-hydrogen) atoms. The fourth-order valence-corrected chi connectivity index (χ4v) is 3.07. The highest BCUT2D eigenvalue weighted by Gasteiger charge is 2.14. The molecule has 0 aromatic heterocycles. The molecule has 106 valence electrons. The molecule has 0 aliphatic heterocycles. The van der Waals surface area contributed by atoms with Gasteiger partial charge in [0.05, 0.1) is 5.56 Å². The Morgan fingerprint density at radius 1 is 0.545 bits per heavy atom. The van der Waals surface area contributed by atoms with E-state index in [1.807, 2.05) is 42.5 Å². The van der Waals surface area contributed by atoms with Gasteiger partial charge in [-0.2, -0.15) is 0 Å². The molecular weight excluding hydrogens is 272 g/mol. The van der Waals surface area contributed by atoms with Crippen LogP contribution in [0.5, 0.6) is 11.5 Å². The Morgan fingerprint density at radius 2 is 1.14 bits per heavy atom. The van der Waals surface area contributed by atoms with Gasteiger partial charge in [-0.05, 0) is 45.3 Å². The highest BCUT2D eigenvalue weighted by Crippen LogP contribution is 2.42. The van der Waals surface area contributed by atoms with E-state index >= 15 is 0 Å². The average Bonchev–Trinajstić information content (AvgIpc) is 2.55. The number of fused-ring (bicyclic) bond motifs is 3. The topological polar surface area (TPSA) is 40.5 Å². The zero-order chi connectivity index (χ0) is 15.1. The van der Waals surface area contributed by atoms with Crippen LogP contribution in [0.2, 0.25) is 0 Å². The predicted molar refractivity (Wildman–Crippen MR) is 90.2 cm³/mol. The Labute approximate surface area is 127 Å². The minimum Gasteiger partial charge on any atom is -0.507 e. The van der Waals surface area contributed by atoms with Crippen molar-refractivity contribution in [1.82, 2.24) is 0 Å². The molecule has 0 aliphatic rings. The highest BCUT2D eigenvalue weighted by molar-refractivity contribution is 6.14. The Balaban J connectivity index is 2.21. The van der Waals surface area contributed by atoms with Gasteiger partial charge in [-0.25, -0.2) is 0 Å². The van der Waals surface area contributed by atoms with Gasteiger partial charge in [0.25, 0.3) is 0 Å². The van der Waals surface area contributed by atoms with Gasteiger partial charge in [-0.3, -0.25) is 0 Å². The maximum Gasteiger partial charge on any atom is 0.127 e. The fourth-order valence-electron chi connectivity index (χ4n) is 3.07. The van der Waals surface area contributed by atoms with Crippen LogP contribution in [0.25, 0.3) is 32.7 Å². The maximum absolute atomic E-state index is 10.2. The summed E-state index contributed by atoms with van der Waals surface area (Å²) in [6.07, 6.45) is 0. The molecule has 0 saturated carbocycles. The van der Waals surface area contributed by atoms with Gasteiger partial charge < -0.3 is 10.2 Å². The summed E-state index contributed by atoms with van der Waals surface area (Å²) in [5, 5.41) is 24.8. The van der Waals surface area contributed by atoms with Gasteiger partial charge in [0.15, 0.2) is 0 Å². The number of benzene rings is 4. The van der Waals surface area contributed by atoms with E-state index in [2.05, 4.69) is 12.1 Å². The van der Waals surface area contributed by atoms with Crippen molar-refractivity contribution in [1.29, 1.82) is 0 Å². The number of rotatable bonds is 1. The second kappa shape index (κ2) is 4.78. The molecule has 4 rings (SSSR count). The fraction of sp³-hybridized carbons (Fsp3) is 0. The molecule has 0 spiro atoms. The summed E-state index contributed by atoms with van der Waals surface area (Å²) >= 11 is 0. The zero-order valence-electron chi connectivity index (χ0n) is 11.8. The minimum absolute atomic E-state index is 0.0837. The lowest BCUT2D eigenvalue weighted by molar-refractivity contribution is 0.454. The van der Waals surface area contributed by atoms with Crippen molar-refractivity contribution in [3.8, 4) is 22.6 Å². The average molecular weight is 286 g/mol. The van der Waals surface area contributed by atoms with Crippen LogP contribution in [0.1, 0.15) is 0 Å². The van der Waals surface area contributed by atoms with Crippen LogP contribution in [0.15, 0.2) is 72.8 Å². The van der Waals surface area contributed by atoms with Gasteiger partial charge in [-0.15, -0.1) is 0 Å². The molecule has 0 amide bonds. The summed E-state index contributed by atoms with van der Waals surface area (Å²) in [4.78, 5) is 0. The maximum atomic E-state index is 10.2. The normalized spacial score (nSPS) is 11.1. The molecule has 4 aromatic rings. The van der Waals surface area contributed by atoms with Gasteiger partial charge >= 0.3 is 0 Å². The van der Waals surface area contributed by atoms with E-state index < -0.39 is 0 Å². The van der Waals surface area contributed by atoms with E-state index in [4.69, 9.17) is 0 Å². The number of aromatic hydroxyl groups is 2. The molecule has 2 nitrogen and oxygen atoms in total. The van der Waals surface area contributed by atoms with Crippen LogP contribution in [0, 0.1) is 0 Å². The van der Waals surface area contributed by atoms with Crippen LogP contribution in [0.4, 0.5) is 0 Å². The van der Waals surface area contributed by atoms with Crippen LogP contribution >= 0.6 is 0 Å². The number of hydrogen-bond acceptors (Lipinski definition) is 2. The predicted octanol–water partition coefficient (Wildman–Crippen LogP) is 5.07. The molecule has 4 aromatic carbocycles. The van der Waals surface area contributed by atoms with Crippen molar-refractivity contribution >= 4 is 21.5 Å². The Kier molecular flexibility index (Phi) is 2.76. The molecule has 2 N–H and O–H groups in total.